The second kappa shape index (κ2) is 30.9. The fourth-order valence-corrected chi connectivity index (χ4v) is 8.05. The number of hydrogen-bond donors (Lipinski definition) is 4. The molecular weight excluding hydrogens is 1210 g/mol. The Balaban J connectivity index is 0.000000189. The molecule has 0 spiro atoms. The van der Waals surface area contributed by atoms with Gasteiger partial charge in [0.05, 0.1) is 72.1 Å². The number of carbonyl (C=O) groups is 5. The number of aliphatic hydroxyl groups excluding tert-OH is 1. The van der Waals surface area contributed by atoms with Gasteiger partial charge in [0.25, 0.3) is 23.6 Å². The Morgan fingerprint density at radius 2 is 1.14 bits per heavy atom. The lowest BCUT2D eigenvalue weighted by molar-refractivity contribution is -0.121. The number of nitriles is 4. The topological polar surface area (TPSA) is 322 Å². The van der Waals surface area contributed by atoms with Crippen molar-refractivity contribution in [3.63, 3.8) is 0 Å². The van der Waals surface area contributed by atoms with Crippen LogP contribution in [-0.4, -0.2) is 104 Å². The first kappa shape index (κ1) is 64.9. The summed E-state index contributed by atoms with van der Waals surface area (Å²) in [7, 11) is 3.02. The molecule has 87 heavy (non-hydrogen) atoms. The summed E-state index contributed by atoms with van der Waals surface area (Å²) >= 11 is 3.18. The van der Waals surface area contributed by atoms with E-state index in [1.165, 1.54) is 78.8 Å². The number of aromatic nitrogens is 6. The average molecular weight is 1260 g/mol. The number of aliphatic hydroxyl groups is 1. The zero-order chi connectivity index (χ0) is 63.3. The summed E-state index contributed by atoms with van der Waals surface area (Å²) in [5.41, 5.74) is 1.74. The normalized spacial score (nSPS) is 13.5. The number of aldehydes is 1. The van der Waals surface area contributed by atoms with Crippen LogP contribution in [0, 0.1) is 80.2 Å². The standard InChI is InChI=1S/C21H16F2N6O3.C13H12FN5O3.C8H5BrFN.C8H6FNO.C8H4FNO/c1-28-19-17(3-2-4-25-19)32-11-16(21(28)31)26-20(30)18-15(23)10-29(27-18)9-13-5-12(8-24)6-14(22)7-13;1-19-11-9(3-2-4-15-11)22-6-8(13(19)21)17-12(20)10-7(14)5-16-18-10;9-4-6-1-7(5-11)3-8(10)2-6;2*9-8-2-6(4-10)1-7(3-8)5-11/h2-7,10,16H,9,11H2,1H3,(H,26,30);2-5,8H,6H2,1H3,(H,16,18)(H,17,20);1-3H,4H2;1-3,11H,5H2;1-3,5H/t16-;8-;;;/m00.../s1. The maximum Gasteiger partial charge on any atom is 0.275 e. The van der Waals surface area contributed by atoms with Crippen LogP contribution in [0.5, 0.6) is 11.5 Å². The average Bonchev–Trinajstić information content (AvgIpc) is 2.51. The van der Waals surface area contributed by atoms with Crippen LogP contribution >= 0.6 is 15.9 Å². The molecule has 0 saturated carbocycles. The Morgan fingerprint density at radius 1 is 0.678 bits per heavy atom. The molecule has 4 amide bonds. The van der Waals surface area contributed by atoms with Gasteiger partial charge >= 0.3 is 0 Å². The largest absolute Gasteiger partial charge is 0.487 e. The van der Waals surface area contributed by atoms with Gasteiger partial charge in [-0.2, -0.15) is 31.2 Å². The van der Waals surface area contributed by atoms with Gasteiger partial charge in [0, 0.05) is 37.4 Å². The van der Waals surface area contributed by atoms with Crippen molar-refractivity contribution in [1.29, 1.82) is 21.0 Å². The fourth-order valence-electron chi connectivity index (χ4n) is 7.72. The quantitative estimate of drug-likeness (QED) is 0.0641. The van der Waals surface area contributed by atoms with Crippen molar-refractivity contribution < 1.29 is 64.9 Å². The number of rotatable bonds is 9. The number of amides is 4. The van der Waals surface area contributed by atoms with Crippen LogP contribution < -0.4 is 29.9 Å². The molecule has 4 N–H and O–H groups in total. The van der Waals surface area contributed by atoms with Crippen molar-refractivity contribution in [1.82, 2.24) is 40.6 Å². The third kappa shape index (κ3) is 17.9. The van der Waals surface area contributed by atoms with Crippen LogP contribution in [0.2, 0.25) is 0 Å². The summed E-state index contributed by atoms with van der Waals surface area (Å²) < 4.78 is 91.2. The van der Waals surface area contributed by atoms with E-state index in [9.17, 15) is 50.3 Å². The second-order valence-corrected chi connectivity index (χ2v) is 18.5. The van der Waals surface area contributed by atoms with E-state index in [4.69, 9.17) is 35.6 Å². The molecule has 0 saturated heterocycles. The van der Waals surface area contributed by atoms with Gasteiger partial charge in [0.2, 0.25) is 0 Å². The number of nitrogens with one attached hydrogen (secondary N) is 3. The Labute approximate surface area is 498 Å². The zero-order valence-electron chi connectivity index (χ0n) is 45.2. The monoisotopic (exact) mass is 1260 g/mol. The Morgan fingerprint density at radius 3 is 1.61 bits per heavy atom. The van der Waals surface area contributed by atoms with Crippen LogP contribution in [0.4, 0.5) is 38.0 Å². The maximum absolute atomic E-state index is 14.4. The smallest absolute Gasteiger partial charge is 0.275 e. The van der Waals surface area contributed by atoms with E-state index in [0.717, 1.165) is 46.9 Å². The van der Waals surface area contributed by atoms with Gasteiger partial charge in [-0.1, -0.05) is 15.9 Å². The van der Waals surface area contributed by atoms with Crippen molar-refractivity contribution in [3.05, 3.63) is 213 Å². The number of aromatic amines is 1. The van der Waals surface area contributed by atoms with Crippen LogP contribution in [0.15, 0.2) is 122 Å². The van der Waals surface area contributed by atoms with Crippen molar-refractivity contribution >= 4 is 57.5 Å². The number of pyridine rings is 2. The number of hydrogen-bond acceptors (Lipinski definition) is 16. The molecule has 0 bridgehead atoms. The number of anilines is 2. The van der Waals surface area contributed by atoms with Crippen molar-refractivity contribution in [2.75, 3.05) is 37.1 Å². The molecule has 29 heteroatoms. The molecule has 2 aliphatic rings. The van der Waals surface area contributed by atoms with E-state index in [-0.39, 0.29) is 60.1 Å². The molecule has 0 radical (unpaired) electrons. The number of benzene rings is 4. The predicted molar refractivity (Wildman–Crippen MR) is 297 cm³/mol. The van der Waals surface area contributed by atoms with E-state index in [1.807, 2.05) is 12.1 Å². The molecule has 8 aromatic rings. The minimum atomic E-state index is -1.09. The molecule has 6 heterocycles. The minimum Gasteiger partial charge on any atom is -0.487 e. The fraction of sp³-hybridized carbons (Fsp3) is 0.155. The van der Waals surface area contributed by atoms with Gasteiger partial charge in [-0.25, -0.2) is 36.3 Å². The molecule has 0 fully saturated rings. The number of carbonyl (C=O) groups excluding carboxylic acids is 5. The highest BCUT2D eigenvalue weighted by molar-refractivity contribution is 9.08. The van der Waals surface area contributed by atoms with Crippen molar-refractivity contribution in [2.24, 2.45) is 0 Å². The number of alkyl halides is 1. The van der Waals surface area contributed by atoms with E-state index in [0.29, 0.717) is 51.4 Å². The Bertz CT molecular complexity index is 3970. The highest BCUT2D eigenvalue weighted by Gasteiger charge is 2.34. The minimum absolute atomic E-state index is 0.0637. The summed E-state index contributed by atoms with van der Waals surface area (Å²) in [6.45, 7) is -0.558. The number of ether oxygens (including phenoxy) is 2. The van der Waals surface area contributed by atoms with E-state index < -0.39 is 70.5 Å². The first-order valence-electron chi connectivity index (χ1n) is 24.9. The van der Waals surface area contributed by atoms with Gasteiger partial charge < -0.3 is 25.2 Å². The van der Waals surface area contributed by atoms with Crippen LogP contribution in [0.25, 0.3) is 0 Å². The third-order valence-electron chi connectivity index (χ3n) is 11.7. The Kier molecular flexibility index (Phi) is 23.0. The summed E-state index contributed by atoms with van der Waals surface area (Å²) in [4.78, 5) is 70.5. The summed E-state index contributed by atoms with van der Waals surface area (Å²) in [6, 6.07) is 27.0. The first-order chi connectivity index (χ1) is 41.7. The number of nitrogens with zero attached hydrogens (tertiary/aromatic N) is 11. The van der Waals surface area contributed by atoms with E-state index >= 15 is 0 Å². The summed E-state index contributed by atoms with van der Waals surface area (Å²) in [5, 5.41) is 57.7. The van der Waals surface area contributed by atoms with E-state index in [2.05, 4.69) is 51.8 Å². The highest BCUT2D eigenvalue weighted by Crippen LogP contribution is 2.29. The zero-order valence-corrected chi connectivity index (χ0v) is 46.8. The molecule has 10 rings (SSSR count). The van der Waals surface area contributed by atoms with Crippen molar-refractivity contribution in [3.8, 4) is 35.8 Å². The maximum atomic E-state index is 14.4. The van der Waals surface area contributed by atoms with Gasteiger partial charge in [0.1, 0.15) is 54.9 Å². The van der Waals surface area contributed by atoms with Gasteiger partial charge in [-0.3, -0.25) is 43.6 Å². The molecule has 4 aromatic carbocycles. The lowest BCUT2D eigenvalue weighted by atomic mass is 10.1. The molecule has 2 atom stereocenters. The molecule has 0 aliphatic carbocycles. The predicted octanol–water partition coefficient (Wildman–Crippen LogP) is 7.02. The lowest BCUT2D eigenvalue weighted by Gasteiger charge is -2.19. The number of halogens is 7. The van der Waals surface area contributed by atoms with Crippen molar-refractivity contribution in [2.45, 2.75) is 30.6 Å². The van der Waals surface area contributed by atoms with Crippen LogP contribution in [0.1, 0.15) is 70.3 Å². The number of fused-ring (bicyclic) bond motifs is 2. The summed E-state index contributed by atoms with van der Waals surface area (Å²) in [5.74, 6) is -4.85. The molecule has 0 unspecified atom stereocenters. The third-order valence-corrected chi connectivity index (χ3v) is 12.3. The molecular formula is C58H43BrF6N14O8. The second-order valence-electron chi connectivity index (χ2n) is 17.9. The SMILES string of the molecule is CN1C(=O)[C@@H](NC(=O)c2[nH]ncc2F)COc2cccnc21.CN1C(=O)[C@@H](NC(=O)c2nn(Cc3cc(F)cc(C#N)c3)cc2F)COc2cccnc21.N#Cc1cc(F)cc(C=O)c1.N#Cc1cc(F)cc(CBr)c1.N#Cc1cc(F)cc(CO)c1. The van der Waals surface area contributed by atoms with Gasteiger partial charge in [-0.15, -0.1) is 0 Å². The summed E-state index contributed by atoms with van der Waals surface area (Å²) in [6.07, 6.45) is 5.40. The molecule has 22 nitrogen and oxygen atoms in total. The molecule has 4 aromatic heterocycles. The number of likely N-dealkylation sites (N-methyl/N-ethyl adjacent to an activating group) is 2. The Hall–Kier alpha value is -11.3. The van der Waals surface area contributed by atoms with E-state index in [1.54, 1.807) is 42.5 Å². The van der Waals surface area contributed by atoms with Gasteiger partial charge in [0.15, 0.2) is 46.2 Å². The lowest BCUT2D eigenvalue weighted by Crippen LogP contribution is -2.49. The van der Waals surface area contributed by atoms with Crippen LogP contribution in [0.3, 0.4) is 0 Å². The van der Waals surface area contributed by atoms with Crippen LogP contribution in [-0.2, 0) is 28.1 Å². The molecule has 442 valence electrons. The molecule has 2 aliphatic heterocycles. The number of H-pyrrole nitrogens is 1. The first-order valence-corrected chi connectivity index (χ1v) is 26.0. The van der Waals surface area contributed by atoms with Gasteiger partial charge in [-0.05, 0) is 114 Å². The highest BCUT2D eigenvalue weighted by atomic mass is 79.9.